The minimum Gasteiger partial charge on any atom is -0.431 e. The lowest BCUT2D eigenvalue weighted by atomic mass is 10.8. The molecule has 0 amide bonds. The van der Waals surface area contributed by atoms with E-state index < -0.39 is 6.41 Å². The third-order valence-electron chi connectivity index (χ3n) is 0.894. The van der Waals surface area contributed by atoms with Crippen molar-refractivity contribution in [3.05, 3.63) is 0 Å². The zero-order chi connectivity index (χ0) is 6.15. The standard InChI is InChI=1S/C4H8N2O2/c1-3-5-6(2)4(7)8-3/h4,7H,1-2H3. The van der Waals surface area contributed by atoms with Crippen molar-refractivity contribution >= 4 is 5.90 Å². The second-order valence-corrected chi connectivity index (χ2v) is 1.64. The van der Waals surface area contributed by atoms with E-state index in [0.717, 1.165) is 0 Å². The maximum atomic E-state index is 8.76. The highest BCUT2D eigenvalue weighted by atomic mass is 16.6. The van der Waals surface area contributed by atoms with Gasteiger partial charge in [0.05, 0.1) is 0 Å². The van der Waals surface area contributed by atoms with E-state index in [1.54, 1.807) is 14.0 Å². The van der Waals surface area contributed by atoms with Crippen LogP contribution >= 0.6 is 0 Å². The number of hydrogen-bond donors (Lipinski definition) is 1. The molecule has 4 heteroatoms. The highest BCUT2D eigenvalue weighted by Gasteiger charge is 2.17. The van der Waals surface area contributed by atoms with E-state index in [4.69, 9.17) is 9.84 Å². The SMILES string of the molecule is CC1=NN(C)C(O)O1. The molecule has 0 bridgehead atoms. The van der Waals surface area contributed by atoms with Gasteiger partial charge in [-0.3, -0.25) is 0 Å². The summed E-state index contributed by atoms with van der Waals surface area (Å²) >= 11 is 0. The van der Waals surface area contributed by atoms with Crippen LogP contribution in [0.15, 0.2) is 5.10 Å². The monoisotopic (exact) mass is 116 g/mol. The van der Waals surface area contributed by atoms with E-state index in [9.17, 15) is 0 Å². The van der Waals surface area contributed by atoms with Crippen molar-refractivity contribution in [1.82, 2.24) is 5.01 Å². The van der Waals surface area contributed by atoms with Crippen LogP contribution in [0, 0.1) is 0 Å². The minimum atomic E-state index is -0.880. The van der Waals surface area contributed by atoms with Gasteiger partial charge in [0.2, 0.25) is 5.90 Å². The first-order chi connectivity index (χ1) is 3.70. The molecule has 1 heterocycles. The molecule has 1 unspecified atom stereocenters. The number of nitrogens with zero attached hydrogens (tertiary/aromatic N) is 2. The Labute approximate surface area is 47.4 Å². The number of aliphatic hydroxyl groups excluding tert-OH is 1. The first-order valence-corrected chi connectivity index (χ1v) is 2.33. The van der Waals surface area contributed by atoms with Crippen molar-refractivity contribution < 1.29 is 9.84 Å². The summed E-state index contributed by atoms with van der Waals surface area (Å²) in [6.07, 6.45) is -0.880. The smallest absolute Gasteiger partial charge is 0.297 e. The lowest BCUT2D eigenvalue weighted by Gasteiger charge is -2.08. The first kappa shape index (κ1) is 5.37. The van der Waals surface area contributed by atoms with Gasteiger partial charge < -0.3 is 9.84 Å². The zero-order valence-corrected chi connectivity index (χ0v) is 4.83. The van der Waals surface area contributed by atoms with Gasteiger partial charge in [0.25, 0.3) is 6.41 Å². The molecule has 8 heavy (non-hydrogen) atoms. The van der Waals surface area contributed by atoms with Crippen molar-refractivity contribution in [1.29, 1.82) is 0 Å². The molecule has 0 fully saturated rings. The molecule has 0 aromatic heterocycles. The highest BCUT2D eigenvalue weighted by Crippen LogP contribution is 2.04. The highest BCUT2D eigenvalue weighted by molar-refractivity contribution is 5.73. The molecule has 0 saturated carbocycles. The van der Waals surface area contributed by atoms with Crippen LogP contribution in [0.2, 0.25) is 0 Å². The van der Waals surface area contributed by atoms with E-state index >= 15 is 0 Å². The summed E-state index contributed by atoms with van der Waals surface area (Å²) in [6.45, 7) is 1.69. The zero-order valence-electron chi connectivity index (χ0n) is 4.83. The Hall–Kier alpha value is -0.770. The fourth-order valence-corrected chi connectivity index (χ4v) is 0.524. The van der Waals surface area contributed by atoms with Crippen molar-refractivity contribution in [2.75, 3.05) is 7.05 Å². The summed E-state index contributed by atoms with van der Waals surface area (Å²) in [6, 6.07) is 0. The van der Waals surface area contributed by atoms with Crippen LogP contribution in [0.3, 0.4) is 0 Å². The number of rotatable bonds is 0. The Morgan fingerprint density at radius 1 is 1.88 bits per heavy atom. The molecule has 1 rings (SSSR count). The molecule has 0 aromatic carbocycles. The van der Waals surface area contributed by atoms with E-state index in [-0.39, 0.29) is 0 Å². The van der Waals surface area contributed by atoms with Gasteiger partial charge in [-0.1, -0.05) is 0 Å². The molecular weight excluding hydrogens is 108 g/mol. The van der Waals surface area contributed by atoms with E-state index in [1.165, 1.54) is 5.01 Å². The lowest BCUT2D eigenvalue weighted by Crippen LogP contribution is -2.22. The Bertz CT molecular complexity index is 123. The molecule has 0 aromatic rings. The summed E-state index contributed by atoms with van der Waals surface area (Å²) in [5, 5.41) is 13.8. The second kappa shape index (κ2) is 1.63. The van der Waals surface area contributed by atoms with Crippen molar-refractivity contribution in [3.63, 3.8) is 0 Å². The van der Waals surface area contributed by atoms with E-state index in [0.29, 0.717) is 5.90 Å². The fraction of sp³-hybridized carbons (Fsp3) is 0.750. The molecule has 0 spiro atoms. The molecule has 0 radical (unpaired) electrons. The Kier molecular flexibility index (Phi) is 1.09. The normalized spacial score (nSPS) is 27.6. The topological polar surface area (TPSA) is 45.1 Å². The summed E-state index contributed by atoms with van der Waals surface area (Å²) < 4.78 is 4.70. The third kappa shape index (κ3) is 0.742. The maximum Gasteiger partial charge on any atom is 0.297 e. The summed E-state index contributed by atoms with van der Waals surface area (Å²) in [5.41, 5.74) is 0. The van der Waals surface area contributed by atoms with Gasteiger partial charge in [-0.25, -0.2) is 5.01 Å². The van der Waals surface area contributed by atoms with Gasteiger partial charge in [0.15, 0.2) is 0 Å². The van der Waals surface area contributed by atoms with Crippen LogP contribution in [0.1, 0.15) is 6.92 Å². The van der Waals surface area contributed by atoms with Crippen LogP contribution < -0.4 is 0 Å². The third-order valence-corrected chi connectivity index (χ3v) is 0.894. The molecule has 46 valence electrons. The van der Waals surface area contributed by atoms with Gasteiger partial charge in [-0.2, -0.15) is 0 Å². The molecule has 1 N–H and O–H groups in total. The van der Waals surface area contributed by atoms with Crippen molar-refractivity contribution in [3.8, 4) is 0 Å². The van der Waals surface area contributed by atoms with Crippen LogP contribution in [0.5, 0.6) is 0 Å². The molecule has 0 saturated heterocycles. The number of aliphatic hydroxyl groups is 1. The van der Waals surface area contributed by atoms with Crippen LogP contribution in [-0.4, -0.2) is 29.5 Å². The lowest BCUT2D eigenvalue weighted by molar-refractivity contribution is -0.108. The molecule has 1 aliphatic heterocycles. The summed E-state index contributed by atoms with van der Waals surface area (Å²) in [7, 11) is 1.64. The molecular formula is C4H8N2O2. The molecule has 0 aliphatic carbocycles. The van der Waals surface area contributed by atoms with Crippen LogP contribution in [-0.2, 0) is 4.74 Å². The Balaban J connectivity index is 2.56. The predicted octanol–water partition coefficient (Wildman–Crippen LogP) is -0.442. The van der Waals surface area contributed by atoms with Gasteiger partial charge >= 0.3 is 0 Å². The number of ether oxygens (including phenoxy) is 1. The molecule has 1 atom stereocenters. The van der Waals surface area contributed by atoms with Crippen LogP contribution in [0.4, 0.5) is 0 Å². The van der Waals surface area contributed by atoms with E-state index in [2.05, 4.69) is 5.10 Å². The first-order valence-electron chi connectivity index (χ1n) is 2.33. The number of hydrogen-bond acceptors (Lipinski definition) is 4. The van der Waals surface area contributed by atoms with Crippen molar-refractivity contribution in [2.45, 2.75) is 13.3 Å². The molecule has 1 aliphatic rings. The van der Waals surface area contributed by atoms with E-state index in [1.807, 2.05) is 0 Å². The quantitative estimate of drug-likeness (QED) is 0.466. The minimum absolute atomic E-state index is 0.500. The van der Waals surface area contributed by atoms with Gasteiger partial charge in [0.1, 0.15) is 0 Å². The predicted molar refractivity (Wildman–Crippen MR) is 28.0 cm³/mol. The van der Waals surface area contributed by atoms with Gasteiger partial charge in [-0.05, 0) is 0 Å². The van der Waals surface area contributed by atoms with Gasteiger partial charge in [0, 0.05) is 14.0 Å². The summed E-state index contributed by atoms with van der Waals surface area (Å²) in [5.74, 6) is 0.500. The van der Waals surface area contributed by atoms with Crippen LogP contribution in [0.25, 0.3) is 0 Å². The second-order valence-electron chi connectivity index (χ2n) is 1.64. The maximum absolute atomic E-state index is 8.76. The Morgan fingerprint density at radius 2 is 2.50 bits per heavy atom. The molecule has 4 nitrogen and oxygen atoms in total. The van der Waals surface area contributed by atoms with Gasteiger partial charge in [-0.15, -0.1) is 5.10 Å². The number of hydrazone groups is 1. The van der Waals surface area contributed by atoms with Crippen molar-refractivity contribution in [2.24, 2.45) is 5.10 Å². The fourth-order valence-electron chi connectivity index (χ4n) is 0.524. The average Bonchev–Trinajstić information content (AvgIpc) is 1.85. The Morgan fingerprint density at radius 3 is 2.62 bits per heavy atom. The summed E-state index contributed by atoms with van der Waals surface area (Å²) in [4.78, 5) is 0. The largest absolute Gasteiger partial charge is 0.431 e. The average molecular weight is 116 g/mol.